The molecule has 10 heavy (non-hydrogen) atoms. The quantitative estimate of drug-likeness (QED) is 0.581. The molecule has 1 aromatic carbocycles. The van der Waals surface area contributed by atoms with Gasteiger partial charge in [-0.3, -0.25) is 0 Å². The highest BCUT2D eigenvalue weighted by atomic mass is 127. The first-order valence-electron chi connectivity index (χ1n) is 3.01. The molecule has 52 valence electrons. The maximum absolute atomic E-state index is 7.33. The van der Waals surface area contributed by atoms with Gasteiger partial charge in [-0.15, -0.1) is 0 Å². The number of halogens is 1. The van der Waals surface area contributed by atoms with Crippen LogP contribution in [0.1, 0.15) is 12.5 Å². The topological polar surface area (TPSA) is 23.9 Å². The molecule has 1 rings (SSSR count). The summed E-state index contributed by atoms with van der Waals surface area (Å²) >= 11 is 2.24. The van der Waals surface area contributed by atoms with E-state index in [-0.39, 0.29) is 0 Å². The molecule has 1 nitrogen and oxygen atoms in total. The molecule has 0 saturated carbocycles. The van der Waals surface area contributed by atoms with Crippen LogP contribution in [0.15, 0.2) is 24.3 Å². The van der Waals surface area contributed by atoms with E-state index in [1.165, 1.54) is 3.57 Å². The molecular weight excluding hydrogens is 237 g/mol. The van der Waals surface area contributed by atoms with Crippen molar-refractivity contribution in [2.24, 2.45) is 0 Å². The molecule has 0 saturated heterocycles. The Labute approximate surface area is 74.1 Å². The minimum atomic E-state index is 0.624. The van der Waals surface area contributed by atoms with Gasteiger partial charge in [0.15, 0.2) is 0 Å². The number of hydrogen-bond acceptors (Lipinski definition) is 1. The summed E-state index contributed by atoms with van der Waals surface area (Å²) in [7, 11) is 0. The van der Waals surface area contributed by atoms with Crippen molar-refractivity contribution in [2.75, 3.05) is 0 Å². The highest BCUT2D eigenvalue weighted by Gasteiger charge is 1.93. The first kappa shape index (κ1) is 7.72. The zero-order valence-electron chi connectivity index (χ0n) is 5.69. The van der Waals surface area contributed by atoms with Crippen molar-refractivity contribution >= 4 is 28.3 Å². The molecular formula is C8H8IN. The summed E-state index contributed by atoms with van der Waals surface area (Å²) in [4.78, 5) is 0. The van der Waals surface area contributed by atoms with E-state index in [0.29, 0.717) is 5.71 Å². The Morgan fingerprint density at radius 2 is 2.20 bits per heavy atom. The van der Waals surface area contributed by atoms with Gasteiger partial charge in [0.2, 0.25) is 0 Å². The SMILES string of the molecule is CC(=N)c1cccc(I)c1. The Morgan fingerprint density at radius 3 is 2.60 bits per heavy atom. The molecule has 0 bridgehead atoms. The summed E-state index contributed by atoms with van der Waals surface area (Å²) in [6.07, 6.45) is 0. The highest BCUT2D eigenvalue weighted by molar-refractivity contribution is 14.1. The Morgan fingerprint density at radius 1 is 1.50 bits per heavy atom. The molecule has 0 aliphatic heterocycles. The second kappa shape index (κ2) is 3.14. The summed E-state index contributed by atoms with van der Waals surface area (Å²) in [5.74, 6) is 0. The predicted octanol–water partition coefficient (Wildman–Crippen LogP) is 2.68. The average Bonchev–Trinajstić information content (AvgIpc) is 1.88. The van der Waals surface area contributed by atoms with Crippen molar-refractivity contribution in [3.8, 4) is 0 Å². The maximum Gasteiger partial charge on any atom is 0.0355 e. The summed E-state index contributed by atoms with van der Waals surface area (Å²) in [6, 6.07) is 7.94. The molecule has 0 amide bonds. The van der Waals surface area contributed by atoms with E-state index in [1.54, 1.807) is 6.92 Å². The minimum Gasteiger partial charge on any atom is -0.305 e. The van der Waals surface area contributed by atoms with Crippen LogP contribution in [-0.4, -0.2) is 5.71 Å². The van der Waals surface area contributed by atoms with Crippen LogP contribution in [0.2, 0.25) is 0 Å². The fourth-order valence-corrected chi connectivity index (χ4v) is 1.26. The lowest BCUT2D eigenvalue weighted by Crippen LogP contribution is -1.90. The molecule has 1 N–H and O–H groups in total. The van der Waals surface area contributed by atoms with Crippen LogP contribution < -0.4 is 0 Å². The van der Waals surface area contributed by atoms with Crippen LogP contribution in [0.5, 0.6) is 0 Å². The van der Waals surface area contributed by atoms with Gasteiger partial charge < -0.3 is 5.41 Å². The molecule has 0 radical (unpaired) electrons. The van der Waals surface area contributed by atoms with Crippen molar-refractivity contribution < 1.29 is 0 Å². The maximum atomic E-state index is 7.33. The smallest absolute Gasteiger partial charge is 0.0355 e. The van der Waals surface area contributed by atoms with Crippen LogP contribution in [0.3, 0.4) is 0 Å². The summed E-state index contributed by atoms with van der Waals surface area (Å²) < 4.78 is 1.18. The molecule has 2 heteroatoms. The van der Waals surface area contributed by atoms with E-state index < -0.39 is 0 Å². The van der Waals surface area contributed by atoms with Crippen molar-refractivity contribution in [3.05, 3.63) is 33.4 Å². The minimum absolute atomic E-state index is 0.624. The van der Waals surface area contributed by atoms with Crippen LogP contribution in [0.4, 0.5) is 0 Å². The zero-order valence-corrected chi connectivity index (χ0v) is 7.84. The van der Waals surface area contributed by atoms with Gasteiger partial charge in [0.1, 0.15) is 0 Å². The van der Waals surface area contributed by atoms with Crippen molar-refractivity contribution in [3.63, 3.8) is 0 Å². The van der Waals surface area contributed by atoms with E-state index in [0.717, 1.165) is 5.56 Å². The Kier molecular flexibility index (Phi) is 2.43. The van der Waals surface area contributed by atoms with E-state index in [2.05, 4.69) is 22.6 Å². The summed E-state index contributed by atoms with van der Waals surface area (Å²) in [5, 5.41) is 7.33. The van der Waals surface area contributed by atoms with E-state index in [1.807, 2.05) is 24.3 Å². The first-order valence-corrected chi connectivity index (χ1v) is 4.09. The van der Waals surface area contributed by atoms with Crippen molar-refractivity contribution in [2.45, 2.75) is 6.92 Å². The van der Waals surface area contributed by atoms with Gasteiger partial charge in [-0.05, 0) is 47.2 Å². The van der Waals surface area contributed by atoms with E-state index in [4.69, 9.17) is 5.41 Å². The average molecular weight is 245 g/mol. The second-order valence-corrected chi connectivity index (χ2v) is 3.38. The molecule has 0 aliphatic carbocycles. The van der Waals surface area contributed by atoms with Crippen LogP contribution in [0.25, 0.3) is 0 Å². The summed E-state index contributed by atoms with van der Waals surface area (Å²) in [6.45, 7) is 1.80. The van der Waals surface area contributed by atoms with E-state index in [9.17, 15) is 0 Å². The molecule has 0 atom stereocenters. The Balaban J connectivity index is 3.07. The third kappa shape index (κ3) is 1.80. The number of hydrogen-bond donors (Lipinski definition) is 1. The molecule has 0 spiro atoms. The van der Waals surface area contributed by atoms with Crippen LogP contribution in [-0.2, 0) is 0 Å². The molecule has 0 aromatic heterocycles. The van der Waals surface area contributed by atoms with Gasteiger partial charge >= 0.3 is 0 Å². The van der Waals surface area contributed by atoms with Gasteiger partial charge in [0.05, 0.1) is 0 Å². The fourth-order valence-electron chi connectivity index (χ4n) is 0.722. The fraction of sp³-hybridized carbons (Fsp3) is 0.125. The summed E-state index contributed by atoms with van der Waals surface area (Å²) in [5.41, 5.74) is 1.63. The van der Waals surface area contributed by atoms with E-state index >= 15 is 0 Å². The Hall–Kier alpha value is -0.380. The van der Waals surface area contributed by atoms with Gasteiger partial charge in [-0.25, -0.2) is 0 Å². The van der Waals surface area contributed by atoms with Crippen LogP contribution >= 0.6 is 22.6 Å². The predicted molar refractivity (Wildman–Crippen MR) is 51.7 cm³/mol. The van der Waals surface area contributed by atoms with Gasteiger partial charge in [0, 0.05) is 9.28 Å². The number of rotatable bonds is 1. The van der Waals surface area contributed by atoms with Crippen molar-refractivity contribution in [1.82, 2.24) is 0 Å². The number of nitrogens with one attached hydrogen (secondary N) is 1. The molecule has 0 aliphatic rings. The third-order valence-electron chi connectivity index (χ3n) is 1.26. The zero-order chi connectivity index (χ0) is 7.56. The second-order valence-electron chi connectivity index (χ2n) is 2.14. The molecule has 1 aromatic rings. The highest BCUT2D eigenvalue weighted by Crippen LogP contribution is 2.07. The lowest BCUT2D eigenvalue weighted by Gasteiger charge is -1.96. The Bertz CT molecular complexity index is 255. The first-order chi connectivity index (χ1) is 4.70. The normalized spacial score (nSPS) is 9.40. The molecule has 0 fully saturated rings. The molecule has 0 unspecified atom stereocenters. The van der Waals surface area contributed by atoms with Crippen molar-refractivity contribution in [1.29, 1.82) is 5.41 Å². The lowest BCUT2D eigenvalue weighted by atomic mass is 10.1. The largest absolute Gasteiger partial charge is 0.305 e. The lowest BCUT2D eigenvalue weighted by molar-refractivity contribution is 1.45. The number of benzene rings is 1. The monoisotopic (exact) mass is 245 g/mol. The molecule has 0 heterocycles. The van der Waals surface area contributed by atoms with Gasteiger partial charge in [0.25, 0.3) is 0 Å². The van der Waals surface area contributed by atoms with Gasteiger partial charge in [-0.1, -0.05) is 12.1 Å². The standard InChI is InChI=1S/C8H8IN/c1-6(10)7-3-2-4-8(9)5-7/h2-5,10H,1H3. The van der Waals surface area contributed by atoms with Crippen LogP contribution in [0, 0.1) is 8.98 Å². The third-order valence-corrected chi connectivity index (χ3v) is 1.93. The van der Waals surface area contributed by atoms with Gasteiger partial charge in [-0.2, -0.15) is 0 Å².